The second kappa shape index (κ2) is 12.1. The highest BCUT2D eigenvalue weighted by Crippen LogP contribution is 2.30. The van der Waals surface area contributed by atoms with Crippen molar-refractivity contribution in [1.82, 2.24) is 9.80 Å². The highest BCUT2D eigenvalue weighted by molar-refractivity contribution is 7.92. The third-order valence-electron chi connectivity index (χ3n) is 6.52. The summed E-state index contributed by atoms with van der Waals surface area (Å²) in [6, 6.07) is 10.6. The van der Waals surface area contributed by atoms with Gasteiger partial charge in [-0.05, 0) is 30.7 Å². The molecule has 2 aromatic rings. The number of amides is 5. The predicted octanol–water partition coefficient (Wildman–Crippen LogP) is 2.45. The van der Waals surface area contributed by atoms with E-state index in [2.05, 4.69) is 10.6 Å². The molecule has 13 heteroatoms. The highest BCUT2D eigenvalue weighted by Gasteiger charge is 2.49. The Labute approximate surface area is 238 Å². The quantitative estimate of drug-likeness (QED) is 0.317. The van der Waals surface area contributed by atoms with E-state index in [0.717, 1.165) is 11.8 Å². The molecule has 12 nitrogen and oxygen atoms in total. The number of imide groups is 1. The van der Waals surface area contributed by atoms with E-state index in [1.54, 1.807) is 45.0 Å². The number of carbonyl (C=O) groups is 5. The molecule has 0 bridgehead atoms. The van der Waals surface area contributed by atoms with Gasteiger partial charge in [0.2, 0.25) is 5.91 Å². The van der Waals surface area contributed by atoms with Crippen LogP contribution in [0.15, 0.2) is 48.5 Å². The third-order valence-corrected chi connectivity index (χ3v) is 8.02. The van der Waals surface area contributed by atoms with E-state index in [4.69, 9.17) is 4.74 Å². The maximum absolute atomic E-state index is 13.7. The number of methoxy groups -OCH3 is 1. The van der Waals surface area contributed by atoms with Crippen molar-refractivity contribution in [2.24, 2.45) is 5.41 Å². The molecule has 0 aliphatic carbocycles. The summed E-state index contributed by atoms with van der Waals surface area (Å²) in [6.45, 7) is 5.76. The van der Waals surface area contributed by atoms with Crippen LogP contribution >= 0.6 is 0 Å². The van der Waals surface area contributed by atoms with Gasteiger partial charge >= 0.3 is 6.03 Å². The van der Waals surface area contributed by atoms with Gasteiger partial charge in [-0.2, -0.15) is 0 Å². The number of Topliss-reactive ketones (excluding diaryl/α,β-unsaturated/α-hetero) is 1. The first-order valence-corrected chi connectivity index (χ1v) is 14.7. The molecule has 0 radical (unpaired) electrons. The molecule has 1 saturated heterocycles. The Kier molecular flexibility index (Phi) is 9.22. The molecule has 41 heavy (non-hydrogen) atoms. The smallest absolute Gasteiger partial charge is 0.328 e. The number of carbonyl (C=O) groups excluding carboxylic acids is 5. The lowest BCUT2D eigenvalue weighted by atomic mass is 9.85. The van der Waals surface area contributed by atoms with Crippen LogP contribution in [-0.4, -0.2) is 79.0 Å². The Morgan fingerprint density at radius 2 is 1.63 bits per heavy atom. The summed E-state index contributed by atoms with van der Waals surface area (Å²) < 4.78 is 28.8. The summed E-state index contributed by atoms with van der Waals surface area (Å²) in [5.74, 6) is -2.96. The first kappa shape index (κ1) is 31.3. The summed E-state index contributed by atoms with van der Waals surface area (Å²) in [4.78, 5) is 68.0. The largest absolute Gasteiger partial charge is 0.495 e. The van der Waals surface area contributed by atoms with Crippen LogP contribution in [0.4, 0.5) is 16.2 Å². The number of ether oxygens (including phenoxy) is 1. The molecule has 0 spiro atoms. The first-order valence-electron chi connectivity index (χ1n) is 12.7. The summed E-state index contributed by atoms with van der Waals surface area (Å²) in [6.07, 6.45) is 0.936. The lowest BCUT2D eigenvalue weighted by Gasteiger charge is -2.29. The van der Waals surface area contributed by atoms with Gasteiger partial charge in [0.15, 0.2) is 21.7 Å². The molecule has 2 aromatic carbocycles. The van der Waals surface area contributed by atoms with Crippen molar-refractivity contribution in [1.29, 1.82) is 0 Å². The fraction of sp³-hybridized carbons (Fsp3) is 0.393. The van der Waals surface area contributed by atoms with Gasteiger partial charge in [0.25, 0.3) is 11.8 Å². The topological polar surface area (TPSA) is 159 Å². The number of anilines is 2. The van der Waals surface area contributed by atoms with E-state index in [1.165, 1.54) is 37.1 Å². The summed E-state index contributed by atoms with van der Waals surface area (Å²) in [7, 11) is -2.33. The monoisotopic (exact) mass is 586 g/mol. The molecule has 1 aliphatic heterocycles. The average molecular weight is 587 g/mol. The van der Waals surface area contributed by atoms with Crippen molar-refractivity contribution in [3.63, 3.8) is 0 Å². The van der Waals surface area contributed by atoms with Gasteiger partial charge in [-0.3, -0.25) is 19.2 Å². The van der Waals surface area contributed by atoms with Crippen LogP contribution in [0.25, 0.3) is 0 Å². The molecule has 3 rings (SSSR count). The number of urea groups is 1. The van der Waals surface area contributed by atoms with Crippen molar-refractivity contribution in [2.45, 2.75) is 45.5 Å². The molecule has 0 aromatic heterocycles. The van der Waals surface area contributed by atoms with Crippen LogP contribution in [0.5, 0.6) is 5.75 Å². The molecule has 5 amide bonds. The zero-order valence-electron chi connectivity index (χ0n) is 23.8. The molecule has 0 saturated carbocycles. The number of rotatable bonds is 10. The Bertz CT molecular complexity index is 1470. The Hall–Kier alpha value is -4.26. The second-order valence-corrected chi connectivity index (χ2v) is 13.1. The summed E-state index contributed by atoms with van der Waals surface area (Å²) >= 11 is 0. The van der Waals surface area contributed by atoms with Gasteiger partial charge in [0.05, 0.1) is 12.8 Å². The predicted molar refractivity (Wildman–Crippen MR) is 152 cm³/mol. The molecule has 2 atom stereocenters. The molecular formula is C28H34N4O8S. The van der Waals surface area contributed by atoms with Crippen LogP contribution in [0.1, 0.15) is 33.3 Å². The van der Waals surface area contributed by atoms with E-state index < -0.39 is 56.1 Å². The molecular weight excluding hydrogens is 552 g/mol. The molecule has 1 heterocycles. The van der Waals surface area contributed by atoms with E-state index in [0.29, 0.717) is 4.90 Å². The number of nitrogens with one attached hydrogen (secondary N) is 2. The standard InChI is InChI=1S/C28H34N4O8S/c1-17(41(6,38)39)25(35)29-19-12-13-21(40-5)20(14-19)30-26(36)23(24(34)28(2,3)4)32-22(33)16-31(27(32)37)15-18-10-8-7-9-11-18/h7-14,17,23H,15-16H2,1-6H3,(H,29,35)(H,30,36). The normalized spacial score (nSPS) is 15.4. The van der Waals surface area contributed by atoms with Crippen LogP contribution in [-0.2, 0) is 35.6 Å². The van der Waals surface area contributed by atoms with Crippen LogP contribution in [0.2, 0.25) is 0 Å². The molecule has 1 fully saturated rings. The number of nitrogens with zero attached hydrogens (tertiary/aromatic N) is 2. The van der Waals surface area contributed by atoms with Crippen LogP contribution in [0.3, 0.4) is 0 Å². The highest BCUT2D eigenvalue weighted by atomic mass is 32.2. The second-order valence-electron chi connectivity index (χ2n) is 10.8. The molecule has 2 unspecified atom stereocenters. The van der Waals surface area contributed by atoms with E-state index in [1.807, 2.05) is 6.07 Å². The van der Waals surface area contributed by atoms with Gasteiger partial charge in [0.1, 0.15) is 17.5 Å². The first-order chi connectivity index (χ1) is 19.0. The van der Waals surface area contributed by atoms with Crippen LogP contribution in [0, 0.1) is 5.41 Å². The lowest BCUT2D eigenvalue weighted by Crippen LogP contribution is -2.55. The summed E-state index contributed by atoms with van der Waals surface area (Å²) in [5.41, 5.74) is -0.166. The van der Waals surface area contributed by atoms with E-state index >= 15 is 0 Å². The average Bonchev–Trinajstić information content (AvgIpc) is 3.15. The van der Waals surface area contributed by atoms with Gasteiger partial charge in [-0.1, -0.05) is 51.1 Å². The zero-order chi connectivity index (χ0) is 30.7. The van der Waals surface area contributed by atoms with E-state index in [-0.39, 0.29) is 30.2 Å². The Morgan fingerprint density at radius 3 is 2.20 bits per heavy atom. The maximum atomic E-state index is 13.7. The summed E-state index contributed by atoms with van der Waals surface area (Å²) in [5, 5.41) is 3.69. The van der Waals surface area contributed by atoms with Gasteiger partial charge in [0, 0.05) is 23.9 Å². The van der Waals surface area contributed by atoms with Crippen molar-refractivity contribution < 1.29 is 37.1 Å². The molecule has 2 N–H and O–H groups in total. The van der Waals surface area contributed by atoms with Crippen molar-refractivity contribution in [2.75, 3.05) is 30.5 Å². The number of benzene rings is 2. The minimum atomic E-state index is -3.66. The van der Waals surface area contributed by atoms with E-state index in [9.17, 15) is 32.4 Å². The molecule has 1 aliphatic rings. The number of sulfone groups is 1. The van der Waals surface area contributed by atoms with Crippen molar-refractivity contribution in [3.05, 3.63) is 54.1 Å². The molecule has 220 valence electrons. The SMILES string of the molecule is COc1ccc(NC(=O)C(C)S(C)(=O)=O)cc1NC(=O)C(C(=O)C(C)(C)C)N1C(=O)CN(Cc2ccccc2)C1=O. The van der Waals surface area contributed by atoms with Crippen LogP contribution < -0.4 is 15.4 Å². The fourth-order valence-electron chi connectivity index (χ4n) is 4.03. The maximum Gasteiger partial charge on any atom is 0.328 e. The lowest BCUT2D eigenvalue weighted by molar-refractivity contribution is -0.143. The number of ketones is 1. The van der Waals surface area contributed by atoms with Gasteiger partial charge in [-0.15, -0.1) is 0 Å². The Balaban J connectivity index is 1.93. The van der Waals surface area contributed by atoms with Gasteiger partial charge < -0.3 is 20.3 Å². The minimum absolute atomic E-state index is 0.0225. The number of hydrogen-bond donors (Lipinski definition) is 2. The van der Waals surface area contributed by atoms with Gasteiger partial charge in [-0.25, -0.2) is 18.1 Å². The Morgan fingerprint density at radius 1 is 1.00 bits per heavy atom. The van der Waals surface area contributed by atoms with Crippen molar-refractivity contribution >= 4 is 50.7 Å². The fourth-order valence-corrected chi connectivity index (χ4v) is 4.48. The third kappa shape index (κ3) is 7.28. The number of hydrogen-bond acceptors (Lipinski definition) is 8. The minimum Gasteiger partial charge on any atom is -0.495 e. The van der Waals surface area contributed by atoms with Crippen molar-refractivity contribution in [3.8, 4) is 5.75 Å². The zero-order valence-corrected chi connectivity index (χ0v) is 24.6.